The second-order valence-electron chi connectivity index (χ2n) is 3.24. The number of ether oxygens (including phenoxy) is 1. The van der Waals surface area contributed by atoms with Gasteiger partial charge in [-0.25, -0.2) is 4.39 Å². The Morgan fingerprint density at radius 2 is 2.31 bits per heavy atom. The molecule has 0 aliphatic rings. The Labute approximate surface area is 102 Å². The Hall–Kier alpha value is -1.10. The number of hydrogen-bond acceptors (Lipinski definition) is 3. The Bertz CT molecular complexity index is 371. The minimum absolute atomic E-state index is 0.233. The predicted molar refractivity (Wildman–Crippen MR) is 63.8 cm³/mol. The average Bonchev–Trinajstić information content (AvgIpc) is 2.28. The van der Waals surface area contributed by atoms with E-state index in [0.29, 0.717) is 29.5 Å². The molecule has 1 rings (SSSR count). The lowest BCUT2D eigenvalue weighted by molar-refractivity contribution is -0.140. The summed E-state index contributed by atoms with van der Waals surface area (Å²) in [6, 6.07) is 4.81. The first-order valence-electron chi connectivity index (χ1n) is 4.89. The number of halogens is 2. The molecule has 5 heteroatoms. The van der Waals surface area contributed by atoms with Gasteiger partial charge >= 0.3 is 5.97 Å². The van der Waals surface area contributed by atoms with Crippen LogP contribution in [0.4, 0.5) is 10.1 Å². The fraction of sp³-hybridized carbons (Fsp3) is 0.364. The first-order valence-corrected chi connectivity index (χ1v) is 5.68. The lowest BCUT2D eigenvalue weighted by atomic mass is 10.2. The van der Waals surface area contributed by atoms with Gasteiger partial charge in [-0.2, -0.15) is 0 Å². The summed E-state index contributed by atoms with van der Waals surface area (Å²) < 4.78 is 18.1. The monoisotopic (exact) mass is 289 g/mol. The van der Waals surface area contributed by atoms with Gasteiger partial charge in [0.2, 0.25) is 0 Å². The third-order valence-electron chi connectivity index (χ3n) is 2.03. The van der Waals surface area contributed by atoms with Crippen molar-refractivity contribution in [1.82, 2.24) is 0 Å². The minimum Gasteiger partial charge on any atom is -0.469 e. The number of hydrogen-bond donors (Lipinski definition) is 1. The largest absolute Gasteiger partial charge is 0.469 e. The summed E-state index contributed by atoms with van der Waals surface area (Å²) in [5, 5.41) is 3.02. The molecule has 1 N–H and O–H groups in total. The molecule has 0 unspecified atom stereocenters. The van der Waals surface area contributed by atoms with E-state index >= 15 is 0 Å². The van der Waals surface area contributed by atoms with Gasteiger partial charge in [-0.1, -0.05) is 0 Å². The zero-order valence-corrected chi connectivity index (χ0v) is 10.5. The molecule has 0 aliphatic heterocycles. The molecule has 1 aromatic rings. The summed E-state index contributed by atoms with van der Waals surface area (Å²) in [6.07, 6.45) is 1.02. The highest BCUT2D eigenvalue weighted by atomic mass is 79.9. The molecule has 16 heavy (non-hydrogen) atoms. The van der Waals surface area contributed by atoms with Crippen molar-refractivity contribution in [1.29, 1.82) is 0 Å². The fourth-order valence-corrected chi connectivity index (χ4v) is 1.42. The molecule has 3 nitrogen and oxygen atoms in total. The molecule has 0 aromatic heterocycles. The lowest BCUT2D eigenvalue weighted by Crippen LogP contribution is -2.06. The van der Waals surface area contributed by atoms with Crippen LogP contribution in [0.2, 0.25) is 0 Å². The molecular weight excluding hydrogens is 277 g/mol. The number of methoxy groups -OCH3 is 1. The molecule has 0 saturated carbocycles. The van der Waals surface area contributed by atoms with E-state index < -0.39 is 0 Å². The van der Waals surface area contributed by atoms with Crippen LogP contribution >= 0.6 is 15.9 Å². The molecule has 0 saturated heterocycles. The molecule has 0 heterocycles. The summed E-state index contributed by atoms with van der Waals surface area (Å²) >= 11 is 3.08. The number of esters is 1. The van der Waals surface area contributed by atoms with Crippen LogP contribution in [0.25, 0.3) is 0 Å². The van der Waals surface area contributed by atoms with Crippen LogP contribution in [0.15, 0.2) is 22.7 Å². The van der Waals surface area contributed by atoms with Gasteiger partial charge in [-0.05, 0) is 40.5 Å². The first kappa shape index (κ1) is 13.0. The summed E-state index contributed by atoms with van der Waals surface area (Å²) in [4.78, 5) is 10.8. The van der Waals surface area contributed by atoms with Crippen LogP contribution in [0, 0.1) is 5.82 Å². The maximum absolute atomic E-state index is 13.1. The molecule has 0 radical (unpaired) electrons. The average molecular weight is 290 g/mol. The minimum atomic E-state index is -0.307. The van der Waals surface area contributed by atoms with Crippen molar-refractivity contribution in [3.63, 3.8) is 0 Å². The van der Waals surface area contributed by atoms with Crippen LogP contribution in [0.3, 0.4) is 0 Å². The van der Waals surface area contributed by atoms with E-state index in [1.165, 1.54) is 13.2 Å². The Morgan fingerprint density at radius 3 is 2.94 bits per heavy atom. The summed E-state index contributed by atoms with van der Waals surface area (Å²) in [6.45, 7) is 0.607. The number of carbonyl (C=O) groups excluding carboxylic acids is 1. The molecule has 0 fully saturated rings. The van der Waals surface area contributed by atoms with Crippen LogP contribution in [-0.2, 0) is 9.53 Å². The molecule has 0 spiro atoms. The van der Waals surface area contributed by atoms with E-state index in [2.05, 4.69) is 26.0 Å². The molecule has 0 aliphatic carbocycles. The second-order valence-corrected chi connectivity index (χ2v) is 4.09. The standard InChI is InChI=1S/C11H13BrFNO2/c1-16-11(15)3-2-6-14-8-4-5-9(12)10(13)7-8/h4-5,7,14H,2-3,6H2,1H3. The van der Waals surface area contributed by atoms with Gasteiger partial charge in [0.05, 0.1) is 11.6 Å². The number of anilines is 1. The van der Waals surface area contributed by atoms with Gasteiger partial charge in [0.1, 0.15) is 5.82 Å². The van der Waals surface area contributed by atoms with Crippen LogP contribution in [0.1, 0.15) is 12.8 Å². The zero-order chi connectivity index (χ0) is 12.0. The van der Waals surface area contributed by atoms with Crippen molar-refractivity contribution in [3.8, 4) is 0 Å². The van der Waals surface area contributed by atoms with Crippen molar-refractivity contribution in [2.75, 3.05) is 19.0 Å². The molecule has 88 valence electrons. The maximum Gasteiger partial charge on any atom is 0.305 e. The van der Waals surface area contributed by atoms with Gasteiger partial charge in [0.15, 0.2) is 0 Å². The molecule has 0 bridgehead atoms. The van der Waals surface area contributed by atoms with Gasteiger partial charge in [0.25, 0.3) is 0 Å². The Kier molecular flexibility index (Phi) is 5.25. The third-order valence-corrected chi connectivity index (χ3v) is 2.68. The lowest BCUT2D eigenvalue weighted by Gasteiger charge is -2.06. The van der Waals surface area contributed by atoms with Crippen LogP contribution in [-0.4, -0.2) is 19.6 Å². The Balaban J connectivity index is 2.32. The van der Waals surface area contributed by atoms with Gasteiger partial charge in [-0.15, -0.1) is 0 Å². The zero-order valence-electron chi connectivity index (χ0n) is 8.93. The summed E-state index contributed by atoms with van der Waals surface area (Å²) in [5.41, 5.74) is 0.700. The fourth-order valence-electron chi connectivity index (χ4n) is 1.17. The van der Waals surface area contributed by atoms with E-state index in [9.17, 15) is 9.18 Å². The normalized spacial score (nSPS) is 9.94. The SMILES string of the molecule is COC(=O)CCCNc1ccc(Br)c(F)c1. The smallest absolute Gasteiger partial charge is 0.305 e. The number of carbonyl (C=O) groups is 1. The second kappa shape index (κ2) is 6.48. The number of rotatable bonds is 5. The Morgan fingerprint density at radius 1 is 1.56 bits per heavy atom. The highest BCUT2D eigenvalue weighted by Gasteiger charge is 2.01. The number of benzene rings is 1. The van der Waals surface area contributed by atoms with Crippen molar-refractivity contribution < 1.29 is 13.9 Å². The molecular formula is C11H13BrFNO2. The van der Waals surface area contributed by atoms with E-state index in [1.54, 1.807) is 12.1 Å². The van der Waals surface area contributed by atoms with Crippen LogP contribution in [0.5, 0.6) is 0 Å². The topological polar surface area (TPSA) is 38.3 Å². The first-order chi connectivity index (χ1) is 7.63. The summed E-state index contributed by atoms with van der Waals surface area (Å²) in [5.74, 6) is -0.540. The number of nitrogens with one attached hydrogen (secondary N) is 1. The highest BCUT2D eigenvalue weighted by Crippen LogP contribution is 2.19. The van der Waals surface area contributed by atoms with E-state index in [0.717, 1.165) is 0 Å². The predicted octanol–water partition coefficient (Wildman–Crippen LogP) is 2.95. The van der Waals surface area contributed by atoms with Gasteiger partial charge in [-0.3, -0.25) is 4.79 Å². The molecule has 0 amide bonds. The van der Waals surface area contributed by atoms with E-state index in [1.807, 2.05) is 0 Å². The van der Waals surface area contributed by atoms with Gasteiger partial charge < -0.3 is 10.1 Å². The third kappa shape index (κ3) is 4.18. The van der Waals surface area contributed by atoms with E-state index in [4.69, 9.17) is 0 Å². The quantitative estimate of drug-likeness (QED) is 0.669. The maximum atomic E-state index is 13.1. The van der Waals surface area contributed by atoms with E-state index in [-0.39, 0.29) is 11.8 Å². The van der Waals surface area contributed by atoms with Crippen LogP contribution < -0.4 is 5.32 Å². The van der Waals surface area contributed by atoms with Crippen molar-refractivity contribution in [3.05, 3.63) is 28.5 Å². The molecule has 0 atom stereocenters. The van der Waals surface area contributed by atoms with Crippen molar-refractivity contribution in [2.45, 2.75) is 12.8 Å². The van der Waals surface area contributed by atoms with Crippen molar-refractivity contribution in [2.24, 2.45) is 0 Å². The molecule has 1 aromatic carbocycles. The highest BCUT2D eigenvalue weighted by molar-refractivity contribution is 9.10. The van der Waals surface area contributed by atoms with Gasteiger partial charge in [0, 0.05) is 18.7 Å². The summed E-state index contributed by atoms with van der Waals surface area (Å²) in [7, 11) is 1.36. The van der Waals surface area contributed by atoms with Crippen molar-refractivity contribution >= 4 is 27.6 Å².